The van der Waals surface area contributed by atoms with Crippen LogP contribution in [0.25, 0.3) is 0 Å². The Balaban J connectivity index is 0.00000900. The van der Waals surface area contributed by atoms with Gasteiger partial charge in [-0.1, -0.05) is 19.0 Å². The van der Waals surface area contributed by atoms with Crippen LogP contribution in [0.1, 0.15) is 66.1 Å². The zero-order valence-electron chi connectivity index (χ0n) is 20.3. The van der Waals surface area contributed by atoms with E-state index in [1.165, 1.54) is 0 Å². The summed E-state index contributed by atoms with van der Waals surface area (Å²) in [6, 6.07) is 0.0194. The number of ether oxygens (including phenoxy) is 1. The molecule has 0 aliphatic carbocycles. The molecular formula is C21H41IN6O3. The zero-order valence-corrected chi connectivity index (χ0v) is 22.6. The summed E-state index contributed by atoms with van der Waals surface area (Å²) in [5.74, 6) is 2.44. The molecule has 180 valence electrons. The van der Waals surface area contributed by atoms with E-state index in [9.17, 15) is 4.79 Å². The smallest absolute Gasteiger partial charge is 0.407 e. The van der Waals surface area contributed by atoms with E-state index in [4.69, 9.17) is 14.3 Å². The summed E-state index contributed by atoms with van der Waals surface area (Å²) in [6.45, 7) is 15.9. The first-order chi connectivity index (χ1) is 14.0. The summed E-state index contributed by atoms with van der Waals surface area (Å²) >= 11 is 0. The topological polar surface area (TPSA) is 105 Å². The molecule has 0 bridgehead atoms. The lowest BCUT2D eigenvalue weighted by Crippen LogP contribution is -2.45. The second kappa shape index (κ2) is 14.5. The maximum atomic E-state index is 12.1. The van der Waals surface area contributed by atoms with Gasteiger partial charge in [-0.25, -0.2) is 4.79 Å². The molecule has 0 radical (unpaired) electrons. The van der Waals surface area contributed by atoms with Gasteiger partial charge in [0.05, 0.1) is 0 Å². The van der Waals surface area contributed by atoms with Crippen LogP contribution in [0.2, 0.25) is 0 Å². The van der Waals surface area contributed by atoms with Crippen LogP contribution in [0.3, 0.4) is 0 Å². The normalized spacial score (nSPS) is 12.9. The molecule has 0 aliphatic heterocycles. The molecule has 0 aliphatic rings. The minimum atomic E-state index is -0.507. The lowest BCUT2D eigenvalue weighted by molar-refractivity contribution is 0.0486. The number of alkyl carbamates (subject to hydrolysis) is 1. The molecule has 0 aromatic carbocycles. The van der Waals surface area contributed by atoms with Crippen molar-refractivity contribution in [1.29, 1.82) is 0 Å². The minimum Gasteiger partial charge on any atom is -0.444 e. The molecule has 1 amide bonds. The molecule has 10 heteroatoms. The van der Waals surface area contributed by atoms with Gasteiger partial charge >= 0.3 is 6.09 Å². The first-order valence-electron chi connectivity index (χ1n) is 10.8. The van der Waals surface area contributed by atoms with Crippen LogP contribution in [0, 0.1) is 12.8 Å². The number of aliphatic imine (C=N–C) groups is 1. The van der Waals surface area contributed by atoms with Crippen molar-refractivity contribution in [3.63, 3.8) is 0 Å². The molecule has 1 rings (SSSR count). The second-order valence-corrected chi connectivity index (χ2v) is 8.78. The number of hydrogen-bond donors (Lipinski definition) is 2. The summed E-state index contributed by atoms with van der Waals surface area (Å²) in [7, 11) is 2.01. The average Bonchev–Trinajstić information content (AvgIpc) is 3.04. The molecule has 0 spiro atoms. The highest BCUT2D eigenvalue weighted by atomic mass is 127. The third-order valence-electron chi connectivity index (χ3n) is 4.36. The average molecular weight is 553 g/mol. The van der Waals surface area contributed by atoms with Crippen LogP contribution in [-0.4, -0.2) is 65.4 Å². The number of nitrogens with zero attached hydrogens (tertiary/aromatic N) is 4. The van der Waals surface area contributed by atoms with E-state index in [1.807, 2.05) is 41.7 Å². The fraction of sp³-hybridized carbons (Fsp3) is 0.810. The number of nitrogens with one attached hydrogen (secondary N) is 2. The van der Waals surface area contributed by atoms with Crippen molar-refractivity contribution < 1.29 is 14.1 Å². The van der Waals surface area contributed by atoms with Crippen molar-refractivity contribution in [2.24, 2.45) is 10.9 Å². The highest BCUT2D eigenvalue weighted by Crippen LogP contribution is 2.11. The Morgan fingerprint density at radius 3 is 2.52 bits per heavy atom. The molecular weight excluding hydrogens is 511 g/mol. The number of aryl methyl sites for hydroxylation is 2. The number of guanidine groups is 1. The van der Waals surface area contributed by atoms with E-state index in [0.717, 1.165) is 31.9 Å². The Kier molecular flexibility index (Phi) is 13.7. The van der Waals surface area contributed by atoms with Crippen molar-refractivity contribution in [3.8, 4) is 0 Å². The Morgan fingerprint density at radius 1 is 1.32 bits per heavy atom. The number of hydrogen-bond acceptors (Lipinski definition) is 6. The quantitative estimate of drug-likeness (QED) is 0.197. The number of aromatic nitrogens is 2. The van der Waals surface area contributed by atoms with E-state index in [-0.39, 0.29) is 36.1 Å². The van der Waals surface area contributed by atoms with Crippen LogP contribution in [0.15, 0.2) is 9.52 Å². The fourth-order valence-corrected chi connectivity index (χ4v) is 2.80. The van der Waals surface area contributed by atoms with Gasteiger partial charge in [-0.3, -0.25) is 4.99 Å². The summed E-state index contributed by atoms with van der Waals surface area (Å²) in [5.41, 5.74) is -0.507. The van der Waals surface area contributed by atoms with Crippen LogP contribution in [-0.2, 0) is 11.2 Å². The summed E-state index contributed by atoms with van der Waals surface area (Å²) < 4.78 is 10.5. The fourth-order valence-electron chi connectivity index (χ4n) is 2.80. The van der Waals surface area contributed by atoms with Gasteiger partial charge in [0.25, 0.3) is 0 Å². The predicted molar refractivity (Wildman–Crippen MR) is 134 cm³/mol. The van der Waals surface area contributed by atoms with Crippen LogP contribution in [0.4, 0.5) is 4.79 Å². The van der Waals surface area contributed by atoms with Gasteiger partial charge in [0, 0.05) is 39.1 Å². The highest BCUT2D eigenvalue weighted by molar-refractivity contribution is 14.0. The molecule has 2 N–H and O–H groups in total. The van der Waals surface area contributed by atoms with Crippen LogP contribution >= 0.6 is 24.0 Å². The summed E-state index contributed by atoms with van der Waals surface area (Å²) in [5, 5.41) is 10.1. The minimum absolute atomic E-state index is 0. The first-order valence-corrected chi connectivity index (χ1v) is 10.8. The van der Waals surface area contributed by atoms with Gasteiger partial charge in [0.2, 0.25) is 5.89 Å². The number of rotatable bonds is 10. The van der Waals surface area contributed by atoms with Crippen molar-refractivity contribution in [2.45, 2.75) is 79.4 Å². The van der Waals surface area contributed by atoms with E-state index < -0.39 is 5.60 Å². The third kappa shape index (κ3) is 12.8. The lowest BCUT2D eigenvalue weighted by atomic mass is 10.0. The van der Waals surface area contributed by atoms with Crippen molar-refractivity contribution in [3.05, 3.63) is 11.7 Å². The van der Waals surface area contributed by atoms with Gasteiger partial charge in [-0.05, 0) is 53.4 Å². The molecule has 0 saturated carbocycles. The highest BCUT2D eigenvalue weighted by Gasteiger charge is 2.22. The Bertz CT molecular complexity index is 672. The van der Waals surface area contributed by atoms with Crippen molar-refractivity contribution in [2.75, 3.05) is 26.7 Å². The maximum Gasteiger partial charge on any atom is 0.407 e. The molecule has 9 nitrogen and oxygen atoms in total. The number of amides is 1. The summed E-state index contributed by atoms with van der Waals surface area (Å²) in [4.78, 5) is 23.1. The standard InChI is InChI=1S/C21H40N6O3.HI/c1-9-22-19(23-13-10-11-18-24-16(4)26-30-18)27(8)14-12-17(15(2)3)25-20(28)29-21(5,6)7;/h15,17H,9-14H2,1-8H3,(H,22,23)(H,25,28);1H. The molecule has 1 aromatic rings. The number of halogens is 1. The Morgan fingerprint density at radius 2 is 2.00 bits per heavy atom. The van der Waals surface area contributed by atoms with E-state index in [1.54, 1.807) is 0 Å². The van der Waals surface area contributed by atoms with Gasteiger partial charge in [-0.2, -0.15) is 4.98 Å². The van der Waals surface area contributed by atoms with Gasteiger partial charge in [-0.15, -0.1) is 24.0 Å². The molecule has 31 heavy (non-hydrogen) atoms. The monoisotopic (exact) mass is 552 g/mol. The van der Waals surface area contributed by atoms with Gasteiger partial charge in [0.1, 0.15) is 5.60 Å². The van der Waals surface area contributed by atoms with Gasteiger partial charge < -0.3 is 24.8 Å². The van der Waals surface area contributed by atoms with E-state index in [0.29, 0.717) is 30.6 Å². The van der Waals surface area contributed by atoms with Gasteiger partial charge in [0.15, 0.2) is 11.8 Å². The van der Waals surface area contributed by atoms with Crippen molar-refractivity contribution >= 4 is 36.0 Å². The Hall–Kier alpha value is -1.59. The lowest BCUT2D eigenvalue weighted by Gasteiger charge is -2.28. The molecule has 0 fully saturated rings. The van der Waals surface area contributed by atoms with Crippen molar-refractivity contribution in [1.82, 2.24) is 25.7 Å². The van der Waals surface area contributed by atoms with Crippen LogP contribution < -0.4 is 10.6 Å². The van der Waals surface area contributed by atoms with E-state index >= 15 is 0 Å². The van der Waals surface area contributed by atoms with Crippen LogP contribution in [0.5, 0.6) is 0 Å². The predicted octanol–water partition coefficient (Wildman–Crippen LogP) is 3.77. The largest absolute Gasteiger partial charge is 0.444 e. The molecule has 1 atom stereocenters. The van der Waals surface area contributed by atoms with E-state index in [2.05, 4.69) is 39.5 Å². The molecule has 1 aromatic heterocycles. The zero-order chi connectivity index (χ0) is 22.7. The maximum absolute atomic E-state index is 12.1. The summed E-state index contributed by atoms with van der Waals surface area (Å²) in [6.07, 6.45) is 1.96. The molecule has 0 saturated heterocycles. The first kappa shape index (κ1) is 29.4. The SMILES string of the molecule is CCNC(=NCCCc1nc(C)no1)N(C)CCC(NC(=O)OC(C)(C)C)C(C)C.I. The Labute approximate surface area is 204 Å². The third-order valence-corrected chi connectivity index (χ3v) is 4.36. The number of carbonyl (C=O) groups is 1. The second-order valence-electron chi connectivity index (χ2n) is 8.78. The molecule has 1 unspecified atom stereocenters. The molecule has 1 heterocycles. The number of carbonyl (C=O) groups excluding carboxylic acids is 1.